The molecule has 4 nitrogen and oxygen atoms in total. The number of rotatable bonds is 5. The minimum atomic E-state index is 0.231. The zero-order valence-electron chi connectivity index (χ0n) is 13.9. The van der Waals surface area contributed by atoms with Gasteiger partial charge < -0.3 is 9.84 Å². The third-order valence-corrected chi connectivity index (χ3v) is 5.25. The lowest BCUT2D eigenvalue weighted by Gasteiger charge is -2.34. The van der Waals surface area contributed by atoms with E-state index in [0.717, 1.165) is 42.8 Å². The highest BCUT2D eigenvalue weighted by Gasteiger charge is 2.18. The molecule has 24 heavy (non-hydrogen) atoms. The molecule has 0 unspecified atom stereocenters. The maximum Gasteiger partial charge on any atom is 0.171 e. The van der Waals surface area contributed by atoms with Gasteiger partial charge in [0.1, 0.15) is 0 Å². The molecule has 2 aromatic carbocycles. The van der Waals surface area contributed by atoms with Crippen LogP contribution in [0.1, 0.15) is 11.1 Å². The third-order valence-electron chi connectivity index (χ3n) is 4.43. The third kappa shape index (κ3) is 4.40. The smallest absolute Gasteiger partial charge is 0.171 e. The second-order valence-corrected chi connectivity index (χ2v) is 7.33. The summed E-state index contributed by atoms with van der Waals surface area (Å²) in [5.41, 5.74) is 2.56. The van der Waals surface area contributed by atoms with Crippen molar-refractivity contribution in [3.63, 3.8) is 0 Å². The summed E-state index contributed by atoms with van der Waals surface area (Å²) in [6.45, 7) is 6.22. The van der Waals surface area contributed by atoms with Crippen LogP contribution in [0.3, 0.4) is 0 Å². The molecule has 128 valence electrons. The number of halogens is 1. The molecular formula is C19H23IN2O2. The molecule has 2 aromatic rings. The molecule has 0 amide bonds. The molecule has 0 spiro atoms. The van der Waals surface area contributed by atoms with Crippen LogP contribution in [0.4, 0.5) is 0 Å². The number of benzene rings is 2. The maximum absolute atomic E-state index is 9.95. The number of piperazine rings is 1. The van der Waals surface area contributed by atoms with E-state index in [1.165, 1.54) is 11.1 Å². The summed E-state index contributed by atoms with van der Waals surface area (Å²) < 4.78 is 6.10. The molecular weight excluding hydrogens is 415 g/mol. The van der Waals surface area contributed by atoms with Gasteiger partial charge in [0.15, 0.2) is 11.5 Å². The summed E-state index contributed by atoms with van der Waals surface area (Å²) in [5.74, 6) is 0.786. The van der Waals surface area contributed by atoms with E-state index in [2.05, 4.69) is 62.7 Å². The van der Waals surface area contributed by atoms with Crippen molar-refractivity contribution in [1.82, 2.24) is 9.80 Å². The van der Waals surface area contributed by atoms with Gasteiger partial charge in [-0.1, -0.05) is 30.3 Å². The Morgan fingerprint density at radius 1 is 0.958 bits per heavy atom. The number of ether oxygens (including phenoxy) is 1. The van der Waals surface area contributed by atoms with E-state index in [0.29, 0.717) is 5.75 Å². The summed E-state index contributed by atoms with van der Waals surface area (Å²) in [4.78, 5) is 4.97. The molecule has 0 aliphatic carbocycles. The number of phenols is 1. The minimum absolute atomic E-state index is 0.231. The Kier molecular flexibility index (Phi) is 5.97. The Hall–Kier alpha value is -1.31. The molecule has 1 heterocycles. The standard InChI is InChI=1S/C19H23IN2O2/c1-24-18-12-16(11-17(20)19(18)23)14-22-9-7-21(8-10-22)13-15-5-3-2-4-6-15/h2-6,11-12,23H,7-10,13-14H2,1H3. The topological polar surface area (TPSA) is 35.9 Å². The first-order chi connectivity index (χ1) is 11.7. The number of hydrogen-bond acceptors (Lipinski definition) is 4. The van der Waals surface area contributed by atoms with E-state index in [1.54, 1.807) is 7.11 Å². The van der Waals surface area contributed by atoms with Crippen LogP contribution in [0.25, 0.3) is 0 Å². The van der Waals surface area contributed by atoms with Gasteiger partial charge in [0.2, 0.25) is 0 Å². The summed E-state index contributed by atoms with van der Waals surface area (Å²) in [5, 5.41) is 9.95. The predicted molar refractivity (Wildman–Crippen MR) is 104 cm³/mol. The lowest BCUT2D eigenvalue weighted by atomic mass is 10.1. The SMILES string of the molecule is COc1cc(CN2CCN(Cc3ccccc3)CC2)cc(I)c1O. The Labute approximate surface area is 157 Å². The monoisotopic (exact) mass is 438 g/mol. The van der Waals surface area contributed by atoms with Gasteiger partial charge in [-0.3, -0.25) is 9.80 Å². The summed E-state index contributed by atoms with van der Waals surface area (Å²) >= 11 is 2.15. The van der Waals surface area contributed by atoms with Gasteiger partial charge in [0, 0.05) is 39.3 Å². The number of methoxy groups -OCH3 is 1. The predicted octanol–water partition coefficient (Wildman–Crippen LogP) is 3.32. The van der Waals surface area contributed by atoms with Crippen LogP contribution in [0.2, 0.25) is 0 Å². The number of hydrogen-bond donors (Lipinski definition) is 1. The van der Waals surface area contributed by atoms with Gasteiger partial charge >= 0.3 is 0 Å². The number of aromatic hydroxyl groups is 1. The molecule has 1 N–H and O–H groups in total. The molecule has 0 atom stereocenters. The Morgan fingerprint density at radius 2 is 1.54 bits per heavy atom. The molecule has 0 saturated carbocycles. The van der Waals surface area contributed by atoms with E-state index >= 15 is 0 Å². The second-order valence-electron chi connectivity index (χ2n) is 6.17. The average Bonchev–Trinajstić information content (AvgIpc) is 2.60. The van der Waals surface area contributed by atoms with E-state index in [4.69, 9.17) is 4.74 Å². The molecule has 3 rings (SSSR count). The van der Waals surface area contributed by atoms with Crippen molar-refractivity contribution in [2.75, 3.05) is 33.3 Å². The fraction of sp³-hybridized carbons (Fsp3) is 0.368. The Balaban J connectivity index is 1.55. The van der Waals surface area contributed by atoms with Gasteiger partial charge in [0.05, 0.1) is 10.7 Å². The van der Waals surface area contributed by atoms with E-state index in [1.807, 2.05) is 12.1 Å². The molecule has 0 bridgehead atoms. The highest BCUT2D eigenvalue weighted by Crippen LogP contribution is 2.32. The van der Waals surface area contributed by atoms with Crippen LogP contribution in [0, 0.1) is 3.57 Å². The van der Waals surface area contributed by atoms with Crippen molar-refractivity contribution in [2.45, 2.75) is 13.1 Å². The first-order valence-corrected chi connectivity index (χ1v) is 9.27. The zero-order chi connectivity index (χ0) is 16.9. The minimum Gasteiger partial charge on any atom is -0.504 e. The van der Waals surface area contributed by atoms with Crippen molar-refractivity contribution in [2.24, 2.45) is 0 Å². The van der Waals surface area contributed by atoms with Crippen LogP contribution < -0.4 is 4.74 Å². The second kappa shape index (κ2) is 8.18. The highest BCUT2D eigenvalue weighted by atomic mass is 127. The zero-order valence-corrected chi connectivity index (χ0v) is 16.1. The molecule has 0 radical (unpaired) electrons. The fourth-order valence-corrected chi connectivity index (χ4v) is 3.75. The lowest BCUT2D eigenvalue weighted by Crippen LogP contribution is -2.45. The maximum atomic E-state index is 9.95. The van der Waals surface area contributed by atoms with Gasteiger partial charge in [-0.05, 0) is 45.9 Å². The van der Waals surface area contributed by atoms with Crippen molar-refractivity contribution >= 4 is 22.6 Å². The molecule has 1 fully saturated rings. The van der Waals surface area contributed by atoms with Crippen molar-refractivity contribution in [3.05, 3.63) is 57.2 Å². The summed E-state index contributed by atoms with van der Waals surface area (Å²) in [6.07, 6.45) is 0. The Morgan fingerprint density at radius 3 is 2.12 bits per heavy atom. The molecule has 1 aliphatic heterocycles. The van der Waals surface area contributed by atoms with Crippen LogP contribution in [0.5, 0.6) is 11.5 Å². The number of phenolic OH excluding ortho intramolecular Hbond substituents is 1. The normalized spacial score (nSPS) is 16.2. The van der Waals surface area contributed by atoms with E-state index in [9.17, 15) is 5.11 Å². The van der Waals surface area contributed by atoms with Crippen molar-refractivity contribution in [3.8, 4) is 11.5 Å². The first kappa shape index (κ1) is 17.5. The quantitative estimate of drug-likeness (QED) is 0.727. The Bertz CT molecular complexity index is 671. The van der Waals surface area contributed by atoms with E-state index < -0.39 is 0 Å². The average molecular weight is 438 g/mol. The van der Waals surface area contributed by atoms with Gasteiger partial charge in [-0.25, -0.2) is 0 Å². The summed E-state index contributed by atoms with van der Waals surface area (Å²) in [7, 11) is 1.59. The lowest BCUT2D eigenvalue weighted by molar-refractivity contribution is 0.122. The molecule has 5 heteroatoms. The molecule has 1 aliphatic rings. The number of nitrogens with zero attached hydrogens (tertiary/aromatic N) is 2. The molecule has 0 aromatic heterocycles. The van der Waals surface area contributed by atoms with Gasteiger partial charge in [-0.15, -0.1) is 0 Å². The van der Waals surface area contributed by atoms with Crippen LogP contribution in [-0.2, 0) is 13.1 Å². The highest BCUT2D eigenvalue weighted by molar-refractivity contribution is 14.1. The summed E-state index contributed by atoms with van der Waals surface area (Å²) in [6, 6.07) is 14.6. The van der Waals surface area contributed by atoms with E-state index in [-0.39, 0.29) is 5.75 Å². The van der Waals surface area contributed by atoms with Crippen molar-refractivity contribution in [1.29, 1.82) is 0 Å². The van der Waals surface area contributed by atoms with Gasteiger partial charge in [0.25, 0.3) is 0 Å². The first-order valence-electron chi connectivity index (χ1n) is 8.19. The van der Waals surface area contributed by atoms with Crippen LogP contribution in [-0.4, -0.2) is 48.2 Å². The largest absolute Gasteiger partial charge is 0.504 e. The van der Waals surface area contributed by atoms with Gasteiger partial charge in [-0.2, -0.15) is 0 Å². The van der Waals surface area contributed by atoms with Crippen LogP contribution in [0.15, 0.2) is 42.5 Å². The molecule has 1 saturated heterocycles. The van der Waals surface area contributed by atoms with Crippen molar-refractivity contribution < 1.29 is 9.84 Å². The fourth-order valence-electron chi connectivity index (χ4n) is 3.08. The van der Waals surface area contributed by atoms with Crippen LogP contribution >= 0.6 is 22.6 Å².